The molecule has 0 spiro atoms. The van der Waals surface area contributed by atoms with Crippen LogP contribution in [0.4, 0.5) is 4.39 Å². The molecule has 0 aliphatic carbocycles. The molecular weight excluding hydrogens is 427 g/mol. The number of benzene rings is 3. The summed E-state index contributed by atoms with van der Waals surface area (Å²) >= 11 is 1.34. The summed E-state index contributed by atoms with van der Waals surface area (Å²) in [5.74, 6) is 0.904. The van der Waals surface area contributed by atoms with E-state index in [9.17, 15) is 9.18 Å². The third-order valence-corrected chi connectivity index (χ3v) is 6.33. The van der Waals surface area contributed by atoms with E-state index in [-0.39, 0.29) is 17.8 Å². The molecule has 0 bridgehead atoms. The van der Waals surface area contributed by atoms with Crippen LogP contribution in [0.1, 0.15) is 23.2 Å². The molecule has 0 saturated carbocycles. The quantitative estimate of drug-likeness (QED) is 0.381. The zero-order valence-corrected chi connectivity index (χ0v) is 18.1. The minimum absolute atomic E-state index is 0.0275. The number of hydrogen-bond donors (Lipinski definition) is 0. The molecule has 0 unspecified atom stereocenters. The molecule has 1 fully saturated rings. The molecule has 5 rings (SSSR count). The highest BCUT2D eigenvalue weighted by atomic mass is 32.1. The highest BCUT2D eigenvalue weighted by Crippen LogP contribution is 2.31. The van der Waals surface area contributed by atoms with E-state index < -0.39 is 0 Å². The fourth-order valence-corrected chi connectivity index (χ4v) is 4.67. The van der Waals surface area contributed by atoms with E-state index in [4.69, 9.17) is 9.47 Å². The first-order chi connectivity index (χ1) is 15.7. The van der Waals surface area contributed by atoms with Crippen molar-refractivity contribution in [1.29, 1.82) is 0 Å². The van der Waals surface area contributed by atoms with Crippen molar-refractivity contribution in [1.82, 2.24) is 9.88 Å². The third kappa shape index (κ3) is 4.43. The highest BCUT2D eigenvalue weighted by Gasteiger charge is 2.27. The number of amides is 1. The van der Waals surface area contributed by atoms with E-state index in [2.05, 4.69) is 4.98 Å². The average Bonchev–Trinajstić information content (AvgIpc) is 3.21. The number of nitrogens with zero attached hydrogens (tertiary/aromatic N) is 2. The molecule has 7 heteroatoms. The summed E-state index contributed by atoms with van der Waals surface area (Å²) in [5, 5.41) is 0.539. The Hall–Kier alpha value is -3.45. The minimum Gasteiger partial charge on any atom is -0.467 e. The Bertz CT molecular complexity index is 1240. The summed E-state index contributed by atoms with van der Waals surface area (Å²) < 4.78 is 26.2. The van der Waals surface area contributed by atoms with Gasteiger partial charge in [-0.15, -0.1) is 0 Å². The van der Waals surface area contributed by atoms with Crippen molar-refractivity contribution in [2.75, 3.05) is 13.1 Å². The fraction of sp³-hybridized carbons (Fsp3) is 0.200. The number of halogens is 1. The topological polar surface area (TPSA) is 51.7 Å². The monoisotopic (exact) mass is 448 g/mol. The number of aromatic nitrogens is 1. The van der Waals surface area contributed by atoms with E-state index in [1.807, 2.05) is 53.4 Å². The highest BCUT2D eigenvalue weighted by molar-refractivity contribution is 7.20. The molecule has 1 aromatic heterocycles. The molecule has 0 atom stereocenters. The summed E-state index contributed by atoms with van der Waals surface area (Å²) in [7, 11) is 0. The van der Waals surface area contributed by atoms with Crippen LogP contribution in [-0.4, -0.2) is 35.0 Å². The standard InChI is InChI=1S/C25H21FN2O3S/c26-17-10-11-21-23(16-17)32-25(27-21)31-19-12-14-28(15-13-19)24(29)20-8-4-5-9-22(20)30-18-6-2-1-3-7-18/h1-11,16,19H,12-15H2. The second kappa shape index (κ2) is 8.96. The van der Waals surface area contributed by atoms with Gasteiger partial charge in [0.15, 0.2) is 0 Å². The molecule has 1 saturated heterocycles. The lowest BCUT2D eigenvalue weighted by Crippen LogP contribution is -2.41. The molecule has 1 aliphatic heterocycles. The number of rotatable bonds is 5. The Morgan fingerprint density at radius 1 is 1.00 bits per heavy atom. The Morgan fingerprint density at radius 2 is 1.75 bits per heavy atom. The summed E-state index contributed by atoms with van der Waals surface area (Å²) in [5.41, 5.74) is 1.28. The smallest absolute Gasteiger partial charge is 0.274 e. The molecule has 0 radical (unpaired) electrons. The normalized spacial score (nSPS) is 14.5. The number of piperidine rings is 1. The lowest BCUT2D eigenvalue weighted by Gasteiger charge is -2.32. The van der Waals surface area contributed by atoms with Crippen LogP contribution in [0.5, 0.6) is 16.7 Å². The predicted octanol–water partition coefficient (Wildman–Crippen LogP) is 5.91. The zero-order valence-electron chi connectivity index (χ0n) is 17.2. The predicted molar refractivity (Wildman–Crippen MR) is 122 cm³/mol. The maximum atomic E-state index is 13.4. The summed E-state index contributed by atoms with van der Waals surface area (Å²) in [6, 6.07) is 21.3. The molecule has 32 heavy (non-hydrogen) atoms. The van der Waals surface area contributed by atoms with Gasteiger partial charge in [0, 0.05) is 25.9 Å². The Morgan fingerprint density at radius 3 is 2.56 bits per heavy atom. The molecule has 0 N–H and O–H groups in total. The van der Waals surface area contributed by atoms with Crippen LogP contribution in [0.15, 0.2) is 72.8 Å². The van der Waals surface area contributed by atoms with Gasteiger partial charge in [0.05, 0.1) is 15.8 Å². The first-order valence-electron chi connectivity index (χ1n) is 10.5. The van der Waals surface area contributed by atoms with Crippen LogP contribution in [0.3, 0.4) is 0 Å². The number of likely N-dealkylation sites (tertiary alicyclic amines) is 1. The fourth-order valence-electron chi connectivity index (χ4n) is 3.77. The van der Waals surface area contributed by atoms with Crippen LogP contribution >= 0.6 is 11.3 Å². The second-order valence-electron chi connectivity index (χ2n) is 7.61. The van der Waals surface area contributed by atoms with Gasteiger partial charge < -0.3 is 14.4 Å². The van der Waals surface area contributed by atoms with Gasteiger partial charge in [0.2, 0.25) is 0 Å². The second-order valence-corrected chi connectivity index (χ2v) is 8.61. The van der Waals surface area contributed by atoms with Crippen LogP contribution in [0, 0.1) is 5.82 Å². The summed E-state index contributed by atoms with van der Waals surface area (Å²) in [6.45, 7) is 1.17. The maximum Gasteiger partial charge on any atom is 0.274 e. The largest absolute Gasteiger partial charge is 0.467 e. The first kappa shape index (κ1) is 20.5. The van der Waals surface area contributed by atoms with Crippen LogP contribution in [0.2, 0.25) is 0 Å². The van der Waals surface area contributed by atoms with Crippen molar-refractivity contribution in [3.8, 4) is 16.7 Å². The molecule has 5 nitrogen and oxygen atoms in total. The minimum atomic E-state index is -0.281. The number of carbonyl (C=O) groups is 1. The van der Waals surface area contributed by atoms with Gasteiger partial charge in [-0.25, -0.2) is 9.37 Å². The van der Waals surface area contributed by atoms with Gasteiger partial charge in [0.25, 0.3) is 11.1 Å². The van der Waals surface area contributed by atoms with E-state index in [1.165, 1.54) is 23.5 Å². The number of hydrogen-bond acceptors (Lipinski definition) is 5. The van der Waals surface area contributed by atoms with Gasteiger partial charge in [-0.1, -0.05) is 41.7 Å². The van der Waals surface area contributed by atoms with Crippen LogP contribution in [0.25, 0.3) is 10.2 Å². The van der Waals surface area contributed by atoms with Crippen molar-refractivity contribution < 1.29 is 18.7 Å². The molecule has 1 amide bonds. The summed E-state index contributed by atoms with van der Waals surface area (Å²) in [4.78, 5) is 19.5. The van der Waals surface area contributed by atoms with Crippen molar-refractivity contribution in [3.63, 3.8) is 0 Å². The molecule has 2 heterocycles. The molecule has 3 aromatic carbocycles. The first-order valence-corrected chi connectivity index (χ1v) is 11.3. The van der Waals surface area contributed by atoms with Gasteiger partial charge in [-0.2, -0.15) is 0 Å². The Labute approximate surface area is 189 Å². The van der Waals surface area contributed by atoms with Crippen molar-refractivity contribution in [2.24, 2.45) is 0 Å². The number of fused-ring (bicyclic) bond motifs is 1. The van der Waals surface area contributed by atoms with Crippen LogP contribution in [-0.2, 0) is 0 Å². The van der Waals surface area contributed by atoms with E-state index in [0.29, 0.717) is 48.2 Å². The molecule has 162 valence electrons. The third-order valence-electron chi connectivity index (χ3n) is 5.42. The average molecular weight is 449 g/mol. The molecule has 1 aliphatic rings. The van der Waals surface area contributed by atoms with Crippen molar-refractivity contribution in [3.05, 3.63) is 84.2 Å². The Balaban J connectivity index is 1.23. The van der Waals surface area contributed by atoms with Crippen molar-refractivity contribution in [2.45, 2.75) is 18.9 Å². The van der Waals surface area contributed by atoms with Crippen LogP contribution < -0.4 is 9.47 Å². The molecule has 4 aromatic rings. The molecular formula is C25H21FN2O3S. The number of ether oxygens (including phenoxy) is 2. The van der Waals surface area contributed by atoms with Gasteiger partial charge in [-0.05, 0) is 42.5 Å². The Kier molecular flexibility index (Phi) is 5.73. The summed E-state index contributed by atoms with van der Waals surface area (Å²) in [6.07, 6.45) is 1.38. The maximum absolute atomic E-state index is 13.4. The van der Waals surface area contributed by atoms with Gasteiger partial charge in [-0.3, -0.25) is 4.79 Å². The van der Waals surface area contributed by atoms with Crippen molar-refractivity contribution >= 4 is 27.5 Å². The lowest BCUT2D eigenvalue weighted by atomic mass is 10.1. The number of carbonyl (C=O) groups excluding carboxylic acids is 1. The van der Waals surface area contributed by atoms with E-state index in [1.54, 1.807) is 12.1 Å². The van der Waals surface area contributed by atoms with E-state index >= 15 is 0 Å². The van der Waals surface area contributed by atoms with E-state index in [0.717, 1.165) is 10.2 Å². The SMILES string of the molecule is O=C(c1ccccc1Oc1ccccc1)N1CCC(Oc2nc3ccc(F)cc3s2)CC1. The lowest BCUT2D eigenvalue weighted by molar-refractivity contribution is 0.0593. The van der Waals surface area contributed by atoms with Gasteiger partial charge >= 0.3 is 0 Å². The number of para-hydroxylation sites is 2. The number of thiazole rings is 1. The van der Waals surface area contributed by atoms with Gasteiger partial charge in [0.1, 0.15) is 23.4 Å². The zero-order chi connectivity index (χ0) is 21.9.